The predicted octanol–water partition coefficient (Wildman–Crippen LogP) is 1.22. The lowest BCUT2D eigenvalue weighted by molar-refractivity contribution is 0.365. The summed E-state index contributed by atoms with van der Waals surface area (Å²) in [6.45, 7) is 1.73. The summed E-state index contributed by atoms with van der Waals surface area (Å²) in [5.74, 6) is 5.71. The van der Waals surface area contributed by atoms with Crippen LogP contribution in [0.1, 0.15) is 16.6 Å². The summed E-state index contributed by atoms with van der Waals surface area (Å²) in [5.41, 5.74) is 5.66. The maximum absolute atomic E-state index is 5.71. The summed E-state index contributed by atoms with van der Waals surface area (Å²) in [5, 5.41) is 4.40. The number of halogens is 1. The highest BCUT2D eigenvalue weighted by molar-refractivity contribution is 9.10. The van der Waals surface area contributed by atoms with Crippen LogP contribution >= 0.6 is 27.3 Å². The molecule has 6 nitrogen and oxygen atoms in total. The molecule has 0 saturated heterocycles. The maximum Gasteiger partial charge on any atom is 0.0997 e. The summed E-state index contributed by atoms with van der Waals surface area (Å²) in [6, 6.07) is -0.105. The molecule has 3 N–H and O–H groups in total. The third kappa shape index (κ3) is 3.40. The Balaban J connectivity index is 2.29. The zero-order chi connectivity index (χ0) is 13.8. The highest BCUT2D eigenvalue weighted by atomic mass is 79.9. The number of hydrazine groups is 1. The van der Waals surface area contributed by atoms with Gasteiger partial charge in [-0.3, -0.25) is 15.5 Å². The van der Waals surface area contributed by atoms with Crippen molar-refractivity contribution < 1.29 is 0 Å². The third-order valence-corrected chi connectivity index (χ3v) is 4.22. The molecule has 0 aliphatic heterocycles. The molecule has 0 radical (unpaired) electrons. The third-order valence-electron chi connectivity index (χ3n) is 2.77. The first-order valence-corrected chi connectivity index (χ1v) is 7.51. The van der Waals surface area contributed by atoms with Crippen LogP contribution in [0.25, 0.3) is 0 Å². The Kier molecular flexibility index (Phi) is 5.06. The molecule has 0 aliphatic rings. The Morgan fingerprint density at radius 1 is 1.53 bits per heavy atom. The number of hydrogen-bond donors (Lipinski definition) is 2. The number of likely N-dealkylation sites (N-methyl/N-ethyl adjacent to an activating group) is 1. The van der Waals surface area contributed by atoms with Gasteiger partial charge in [0.05, 0.1) is 34.5 Å². The molecule has 0 saturated carbocycles. The van der Waals surface area contributed by atoms with Gasteiger partial charge in [-0.05, 0) is 30.0 Å². The fraction of sp³-hybridized carbons (Fsp3) is 0.455. The number of nitrogens with two attached hydrogens (primary N) is 1. The van der Waals surface area contributed by atoms with E-state index in [1.165, 1.54) is 0 Å². The lowest BCUT2D eigenvalue weighted by Gasteiger charge is -2.18. The van der Waals surface area contributed by atoms with Gasteiger partial charge in [-0.15, -0.1) is 11.3 Å². The Hall–Kier alpha value is -0.800. The Labute approximate surface area is 124 Å². The van der Waals surface area contributed by atoms with Crippen molar-refractivity contribution in [1.29, 1.82) is 0 Å². The number of rotatable bonds is 6. The van der Waals surface area contributed by atoms with Crippen molar-refractivity contribution in [3.8, 4) is 0 Å². The molecular weight excluding hydrogens is 328 g/mol. The standard InChI is InChI=1S/C11H17BrN6S/c1-17(2)3-4-18-11(8(12)5-15-18)10(16-13)9-6-14-7-19-9/h5-7,10,16H,3-4,13H2,1-2H3. The van der Waals surface area contributed by atoms with Crippen LogP contribution in [0.4, 0.5) is 0 Å². The van der Waals surface area contributed by atoms with Crippen molar-refractivity contribution in [2.24, 2.45) is 5.84 Å². The lowest BCUT2D eigenvalue weighted by Crippen LogP contribution is -2.31. The van der Waals surface area contributed by atoms with Crippen molar-refractivity contribution >= 4 is 27.3 Å². The summed E-state index contributed by atoms with van der Waals surface area (Å²) in [7, 11) is 4.08. The van der Waals surface area contributed by atoms with Crippen LogP contribution in [0.2, 0.25) is 0 Å². The minimum atomic E-state index is -0.105. The molecule has 0 aliphatic carbocycles. The average molecular weight is 345 g/mol. The molecule has 104 valence electrons. The van der Waals surface area contributed by atoms with Gasteiger partial charge in [-0.25, -0.2) is 5.43 Å². The van der Waals surface area contributed by atoms with Crippen LogP contribution < -0.4 is 11.3 Å². The van der Waals surface area contributed by atoms with E-state index in [9.17, 15) is 0 Å². The monoisotopic (exact) mass is 344 g/mol. The second-order valence-electron chi connectivity index (χ2n) is 4.41. The maximum atomic E-state index is 5.71. The summed E-state index contributed by atoms with van der Waals surface area (Å²) in [4.78, 5) is 7.29. The van der Waals surface area contributed by atoms with Crippen LogP contribution in [0, 0.1) is 0 Å². The van der Waals surface area contributed by atoms with Crippen LogP contribution in [-0.4, -0.2) is 40.3 Å². The van der Waals surface area contributed by atoms with Crippen molar-refractivity contribution in [2.45, 2.75) is 12.6 Å². The SMILES string of the molecule is CN(C)CCn1ncc(Br)c1C(NN)c1cncs1. The van der Waals surface area contributed by atoms with Crippen molar-refractivity contribution in [3.05, 3.63) is 32.9 Å². The molecule has 0 aromatic carbocycles. The van der Waals surface area contributed by atoms with Gasteiger partial charge in [0.2, 0.25) is 0 Å². The van der Waals surface area contributed by atoms with E-state index in [-0.39, 0.29) is 6.04 Å². The molecule has 19 heavy (non-hydrogen) atoms. The zero-order valence-electron chi connectivity index (χ0n) is 10.9. The fourth-order valence-electron chi connectivity index (χ4n) is 1.80. The Morgan fingerprint density at radius 2 is 2.32 bits per heavy atom. The van der Waals surface area contributed by atoms with Gasteiger partial charge >= 0.3 is 0 Å². The van der Waals surface area contributed by atoms with E-state index in [2.05, 4.69) is 36.3 Å². The van der Waals surface area contributed by atoms with E-state index in [1.54, 1.807) is 23.0 Å². The molecule has 2 rings (SSSR count). The van der Waals surface area contributed by atoms with E-state index < -0.39 is 0 Å². The Bertz CT molecular complexity index is 509. The minimum Gasteiger partial charge on any atom is -0.308 e. The molecule has 1 atom stereocenters. The van der Waals surface area contributed by atoms with Gasteiger partial charge in [0.1, 0.15) is 0 Å². The zero-order valence-corrected chi connectivity index (χ0v) is 13.3. The first-order chi connectivity index (χ1) is 9.13. The summed E-state index contributed by atoms with van der Waals surface area (Å²) < 4.78 is 2.91. The molecule has 2 aromatic heterocycles. The topological polar surface area (TPSA) is 72.0 Å². The smallest absolute Gasteiger partial charge is 0.0997 e. The van der Waals surface area contributed by atoms with Gasteiger partial charge in [0.25, 0.3) is 0 Å². The average Bonchev–Trinajstić information content (AvgIpc) is 3.00. The molecule has 0 amide bonds. The molecule has 8 heteroatoms. The van der Waals surface area contributed by atoms with Crippen LogP contribution in [0.3, 0.4) is 0 Å². The first-order valence-electron chi connectivity index (χ1n) is 5.84. The molecule has 0 fully saturated rings. The largest absolute Gasteiger partial charge is 0.308 e. The van der Waals surface area contributed by atoms with E-state index in [1.807, 2.05) is 25.0 Å². The molecule has 0 bridgehead atoms. The van der Waals surface area contributed by atoms with Gasteiger partial charge < -0.3 is 4.90 Å². The number of thiazole rings is 1. The summed E-state index contributed by atoms with van der Waals surface area (Å²) in [6.07, 6.45) is 3.63. The molecular formula is C11H17BrN6S. The van der Waals surface area contributed by atoms with Crippen molar-refractivity contribution in [3.63, 3.8) is 0 Å². The number of aromatic nitrogens is 3. The van der Waals surface area contributed by atoms with Gasteiger partial charge in [0.15, 0.2) is 0 Å². The Morgan fingerprint density at radius 3 is 2.89 bits per heavy atom. The van der Waals surface area contributed by atoms with Crippen molar-refractivity contribution in [2.75, 3.05) is 20.6 Å². The van der Waals surface area contributed by atoms with Gasteiger partial charge in [0, 0.05) is 17.6 Å². The van der Waals surface area contributed by atoms with E-state index in [0.717, 1.165) is 28.1 Å². The number of nitrogens with one attached hydrogen (secondary N) is 1. The highest BCUT2D eigenvalue weighted by Gasteiger charge is 2.22. The lowest BCUT2D eigenvalue weighted by atomic mass is 10.2. The fourth-order valence-corrected chi connectivity index (χ4v) is 3.00. The summed E-state index contributed by atoms with van der Waals surface area (Å²) >= 11 is 5.11. The van der Waals surface area contributed by atoms with Crippen molar-refractivity contribution in [1.82, 2.24) is 25.1 Å². The highest BCUT2D eigenvalue weighted by Crippen LogP contribution is 2.29. The number of hydrogen-bond acceptors (Lipinski definition) is 6. The minimum absolute atomic E-state index is 0.105. The van der Waals surface area contributed by atoms with E-state index >= 15 is 0 Å². The molecule has 0 spiro atoms. The van der Waals surface area contributed by atoms with E-state index in [0.29, 0.717) is 0 Å². The van der Waals surface area contributed by atoms with Crippen LogP contribution in [-0.2, 0) is 6.54 Å². The van der Waals surface area contributed by atoms with Gasteiger partial charge in [-0.2, -0.15) is 5.10 Å². The quantitative estimate of drug-likeness (QED) is 0.608. The normalized spacial score (nSPS) is 13.1. The second kappa shape index (κ2) is 6.58. The second-order valence-corrected chi connectivity index (χ2v) is 6.18. The first kappa shape index (κ1) is 14.6. The van der Waals surface area contributed by atoms with Gasteiger partial charge in [-0.1, -0.05) is 0 Å². The predicted molar refractivity (Wildman–Crippen MR) is 79.8 cm³/mol. The number of nitrogens with zero attached hydrogens (tertiary/aromatic N) is 4. The molecule has 2 heterocycles. The van der Waals surface area contributed by atoms with Crippen LogP contribution in [0.15, 0.2) is 22.4 Å². The van der Waals surface area contributed by atoms with E-state index in [4.69, 9.17) is 5.84 Å². The molecule has 2 aromatic rings. The molecule has 1 unspecified atom stereocenters. The van der Waals surface area contributed by atoms with Crippen LogP contribution in [0.5, 0.6) is 0 Å².